The maximum atomic E-state index is 13.2. The van der Waals surface area contributed by atoms with Crippen LogP contribution in [0.4, 0.5) is 39.5 Å². The highest BCUT2D eigenvalue weighted by Crippen LogP contribution is 2.62. The molecule has 1 N–H and O–H groups in total. The summed E-state index contributed by atoms with van der Waals surface area (Å²) >= 11 is 0. The summed E-state index contributed by atoms with van der Waals surface area (Å²) in [6, 6.07) is 6.35. The van der Waals surface area contributed by atoms with Gasteiger partial charge in [-0.05, 0) is 144 Å². The van der Waals surface area contributed by atoms with Crippen molar-refractivity contribution < 1.29 is 69.7 Å². The van der Waals surface area contributed by atoms with Crippen LogP contribution in [-0.2, 0) is 25.4 Å². The molecule has 6 atom stereocenters. The van der Waals surface area contributed by atoms with Crippen LogP contribution in [0, 0.1) is 23.2 Å². The van der Waals surface area contributed by atoms with Gasteiger partial charge in [-0.15, -0.1) is 0 Å². The maximum absolute atomic E-state index is 13.2. The standard InChI is InChI=1S/C46H73F9N2O6S2/c1-34(33-58)10-5-6-19-56(3)20-7-23-59-28-30-64-65-31-29-60-24-8-21-57(4)22-27-61-36-12-14-37-35(32-36)11-13-39-38(37)17-18-42(2)40(39)15-16-41(42)62-25-9-26-63-43(44(47,48)49,45(50,51)52)46(53,54)55/h12,14,32,34,38-41,58H,5-11,13,15-31,33H2,1-4H3/t34?,38-,39-,40+,41+,42+/m1/s1/i1D. The highest BCUT2D eigenvalue weighted by molar-refractivity contribution is 8.76. The van der Waals surface area contributed by atoms with Gasteiger partial charge < -0.3 is 38.6 Å². The fourth-order valence-electron chi connectivity index (χ4n) is 9.94. The summed E-state index contributed by atoms with van der Waals surface area (Å²) in [7, 11) is 7.82. The summed E-state index contributed by atoms with van der Waals surface area (Å²) in [4.78, 5) is 4.55. The largest absolute Gasteiger partial charge is 0.492 e. The van der Waals surface area contributed by atoms with Crippen molar-refractivity contribution in [1.29, 1.82) is 0 Å². The first-order chi connectivity index (χ1) is 31.3. The Morgan fingerprint density at radius 3 is 2.00 bits per heavy atom. The molecule has 65 heavy (non-hydrogen) atoms. The lowest BCUT2D eigenvalue weighted by atomic mass is 9.55. The number of rotatable bonds is 31. The number of benzene rings is 1. The smallest absolute Gasteiger partial charge is 0.435 e. The number of alkyl halides is 9. The molecule has 19 heteroatoms. The molecule has 2 fully saturated rings. The van der Waals surface area contributed by atoms with E-state index in [4.69, 9.17) is 20.3 Å². The summed E-state index contributed by atoms with van der Waals surface area (Å²) in [5.74, 6) is 3.86. The van der Waals surface area contributed by atoms with Gasteiger partial charge in [-0.25, -0.2) is 0 Å². The maximum Gasteiger partial charge on any atom is 0.435 e. The van der Waals surface area contributed by atoms with Crippen molar-refractivity contribution in [2.75, 3.05) is 105 Å². The van der Waals surface area contributed by atoms with Crippen LogP contribution in [0.15, 0.2) is 18.2 Å². The molecule has 0 aromatic heterocycles. The molecule has 0 aliphatic heterocycles. The number of nitrogens with zero attached hydrogens (tertiary/aromatic N) is 2. The lowest BCUT2D eigenvalue weighted by Gasteiger charge is -2.50. The summed E-state index contributed by atoms with van der Waals surface area (Å²) in [6.07, 6.45) is -11.0. The van der Waals surface area contributed by atoms with Gasteiger partial charge in [-0.3, -0.25) is 0 Å². The SMILES string of the molecule is [2H]CC(CO)CCCCN(C)CCCOCCSSCCOCCCN(C)CCOc1ccc2c(c1)CC[C@@H]1[C@@H]2CC[C@]2(C)[C@@H](OCCCOC(C(F)(F)F)(C(F)(F)F)C(F)(F)F)CC[C@@H]12. The topological polar surface area (TPSA) is 72.9 Å². The van der Waals surface area contributed by atoms with E-state index < -0.39 is 37.2 Å². The van der Waals surface area contributed by atoms with Gasteiger partial charge >= 0.3 is 24.1 Å². The van der Waals surface area contributed by atoms with E-state index in [2.05, 4.69) is 47.7 Å². The lowest BCUT2D eigenvalue weighted by molar-refractivity contribution is -0.457. The number of aliphatic hydroxyl groups is 1. The van der Waals surface area contributed by atoms with E-state index in [1.54, 1.807) is 10.8 Å². The second kappa shape index (κ2) is 26.7. The molecular weight excluding hydrogens is 912 g/mol. The van der Waals surface area contributed by atoms with Crippen LogP contribution in [0.5, 0.6) is 5.75 Å². The van der Waals surface area contributed by atoms with E-state index >= 15 is 0 Å². The Hall–Kier alpha value is -1.19. The zero-order chi connectivity index (χ0) is 48.4. The van der Waals surface area contributed by atoms with Crippen LogP contribution in [0.3, 0.4) is 0 Å². The quantitative estimate of drug-likeness (QED) is 0.0442. The third-order valence-electron chi connectivity index (χ3n) is 13.5. The minimum atomic E-state index is -6.74. The summed E-state index contributed by atoms with van der Waals surface area (Å²) in [5, 5.41) is 9.19. The van der Waals surface area contributed by atoms with E-state index in [1.165, 1.54) is 11.1 Å². The van der Waals surface area contributed by atoms with Gasteiger partial charge in [-0.1, -0.05) is 47.9 Å². The average Bonchev–Trinajstić information content (AvgIpc) is 3.59. The van der Waals surface area contributed by atoms with E-state index in [9.17, 15) is 44.6 Å². The van der Waals surface area contributed by atoms with Gasteiger partial charge in [0.2, 0.25) is 0 Å². The molecule has 3 aliphatic carbocycles. The Kier molecular flexibility index (Phi) is 22.5. The number of aliphatic hydroxyl groups excluding tert-OH is 1. The number of halogens is 9. The Labute approximate surface area is 389 Å². The fraction of sp³-hybridized carbons (Fsp3) is 0.870. The van der Waals surface area contributed by atoms with E-state index in [0.29, 0.717) is 50.9 Å². The lowest BCUT2D eigenvalue weighted by Crippen LogP contribution is -2.67. The minimum Gasteiger partial charge on any atom is -0.492 e. The second-order valence-electron chi connectivity index (χ2n) is 18.2. The van der Waals surface area contributed by atoms with Crippen LogP contribution < -0.4 is 4.74 Å². The predicted molar refractivity (Wildman–Crippen MR) is 239 cm³/mol. The molecule has 1 aromatic carbocycles. The van der Waals surface area contributed by atoms with E-state index in [0.717, 1.165) is 121 Å². The molecule has 0 heterocycles. The second-order valence-corrected chi connectivity index (χ2v) is 20.9. The van der Waals surface area contributed by atoms with Gasteiger partial charge in [0.15, 0.2) is 0 Å². The first-order valence-corrected chi connectivity index (χ1v) is 25.7. The molecule has 3 aliphatic rings. The van der Waals surface area contributed by atoms with Gasteiger partial charge in [0.05, 0.1) is 25.9 Å². The molecule has 0 saturated heterocycles. The molecule has 0 spiro atoms. The molecular formula is C46H73F9N2O6S2. The van der Waals surface area contributed by atoms with Crippen molar-refractivity contribution in [3.8, 4) is 5.75 Å². The summed E-state index contributed by atoms with van der Waals surface area (Å²) < 4.78 is 154. The van der Waals surface area contributed by atoms with Crippen molar-refractivity contribution in [2.24, 2.45) is 23.2 Å². The van der Waals surface area contributed by atoms with Gasteiger partial charge in [0, 0.05) is 58.9 Å². The number of hydrogen-bond acceptors (Lipinski definition) is 10. The van der Waals surface area contributed by atoms with Gasteiger partial charge in [0.1, 0.15) is 12.4 Å². The number of fused-ring (bicyclic) bond motifs is 5. The van der Waals surface area contributed by atoms with Crippen LogP contribution in [0.2, 0.25) is 0 Å². The van der Waals surface area contributed by atoms with Gasteiger partial charge in [-0.2, -0.15) is 39.5 Å². The molecule has 378 valence electrons. The molecule has 1 aromatic rings. The third kappa shape index (κ3) is 16.2. The molecule has 0 radical (unpaired) electrons. The molecule has 8 nitrogen and oxygen atoms in total. The first kappa shape index (κ1) is 54.7. The first-order valence-electron chi connectivity index (χ1n) is 23.9. The number of ether oxygens (including phenoxy) is 5. The van der Waals surface area contributed by atoms with Gasteiger partial charge in [0.25, 0.3) is 0 Å². The van der Waals surface area contributed by atoms with Crippen LogP contribution in [0.25, 0.3) is 0 Å². The molecule has 2 saturated carbocycles. The summed E-state index contributed by atoms with van der Waals surface area (Å²) in [6.45, 7) is 7.98. The van der Waals surface area contributed by atoms with Crippen LogP contribution in [-0.4, -0.2) is 150 Å². The zero-order valence-electron chi connectivity index (χ0n) is 39.3. The van der Waals surface area contributed by atoms with Crippen molar-refractivity contribution in [1.82, 2.24) is 9.80 Å². The zero-order valence-corrected chi connectivity index (χ0v) is 39.9. The van der Waals surface area contributed by atoms with Crippen molar-refractivity contribution in [3.05, 3.63) is 29.3 Å². The summed E-state index contributed by atoms with van der Waals surface area (Å²) in [5.41, 5.74) is -3.93. The number of likely N-dealkylation sites (N-methyl/N-ethyl adjacent to an activating group) is 1. The van der Waals surface area contributed by atoms with Crippen molar-refractivity contribution >= 4 is 21.6 Å². The monoisotopic (exact) mass is 985 g/mol. The Bertz CT molecular complexity index is 1500. The average molecular weight is 986 g/mol. The Morgan fingerprint density at radius 2 is 1.38 bits per heavy atom. The van der Waals surface area contributed by atoms with Crippen LogP contribution >= 0.6 is 21.6 Å². The normalized spacial score (nSPS) is 23.4. The molecule has 4 rings (SSSR count). The van der Waals surface area contributed by atoms with Crippen LogP contribution in [0.1, 0.15) is 103 Å². The van der Waals surface area contributed by atoms with E-state index in [-0.39, 0.29) is 30.7 Å². The van der Waals surface area contributed by atoms with Crippen molar-refractivity contribution in [3.63, 3.8) is 0 Å². The fourth-order valence-corrected chi connectivity index (χ4v) is 11.7. The van der Waals surface area contributed by atoms with E-state index in [1.807, 2.05) is 16.9 Å². The number of unbranched alkanes of at least 4 members (excludes halogenated alkanes) is 1. The Morgan fingerprint density at radius 1 is 0.754 bits per heavy atom. The third-order valence-corrected chi connectivity index (χ3v) is 15.8. The Balaban J connectivity index is 1.03. The predicted octanol–water partition coefficient (Wildman–Crippen LogP) is 11.0. The molecule has 0 amide bonds. The number of hydrogen-bond donors (Lipinski definition) is 1. The molecule has 1 unspecified atom stereocenters. The van der Waals surface area contributed by atoms with Crippen molar-refractivity contribution in [2.45, 2.75) is 127 Å². The molecule has 0 bridgehead atoms. The minimum absolute atomic E-state index is 0.111. The number of aryl methyl sites for hydroxylation is 1. The highest BCUT2D eigenvalue weighted by atomic mass is 33.1. The highest BCUT2D eigenvalue weighted by Gasteiger charge is 2.85.